The first-order valence-electron chi connectivity index (χ1n) is 8.45. The van der Waals surface area contributed by atoms with Gasteiger partial charge in [0.15, 0.2) is 0 Å². The highest BCUT2D eigenvalue weighted by Gasteiger charge is 2.27. The zero-order valence-electron chi connectivity index (χ0n) is 14.2. The van der Waals surface area contributed by atoms with Crippen LogP contribution < -0.4 is 5.32 Å². The van der Waals surface area contributed by atoms with Crippen molar-refractivity contribution in [1.29, 1.82) is 0 Å². The number of nitrogens with one attached hydrogen (secondary N) is 1. The highest BCUT2D eigenvalue weighted by atomic mass is 16.1. The molecule has 2 heteroatoms. The molecule has 2 nitrogen and oxygen atoms in total. The number of benzene rings is 2. The van der Waals surface area contributed by atoms with Crippen LogP contribution in [0.25, 0.3) is 0 Å². The summed E-state index contributed by atoms with van der Waals surface area (Å²) < 4.78 is 0. The van der Waals surface area contributed by atoms with Crippen molar-refractivity contribution < 1.29 is 4.79 Å². The van der Waals surface area contributed by atoms with Crippen molar-refractivity contribution >= 4 is 11.6 Å². The molecule has 120 valence electrons. The number of hydrogen-bond donors (Lipinski definition) is 1. The molecule has 1 amide bonds. The maximum atomic E-state index is 12.9. The number of para-hydroxylation sites is 1. The first-order chi connectivity index (χ1) is 11.0. The molecule has 0 spiro atoms. The van der Waals surface area contributed by atoms with E-state index in [0.29, 0.717) is 0 Å². The molecule has 0 fully saturated rings. The number of hydrogen-bond acceptors (Lipinski definition) is 1. The van der Waals surface area contributed by atoms with Crippen molar-refractivity contribution in [2.45, 2.75) is 51.4 Å². The number of anilines is 1. The summed E-state index contributed by atoms with van der Waals surface area (Å²) in [4.78, 5) is 12.9. The molecular formula is C21H25NO. The van der Waals surface area contributed by atoms with Crippen LogP contribution in [0.5, 0.6) is 0 Å². The van der Waals surface area contributed by atoms with E-state index in [1.54, 1.807) is 0 Å². The van der Waals surface area contributed by atoms with Crippen LogP contribution in [-0.4, -0.2) is 5.91 Å². The zero-order valence-corrected chi connectivity index (χ0v) is 14.2. The number of carbonyl (C=O) groups excluding carboxylic acids is 1. The quantitative estimate of drug-likeness (QED) is 0.827. The van der Waals surface area contributed by atoms with E-state index in [0.717, 1.165) is 24.9 Å². The van der Waals surface area contributed by atoms with E-state index < -0.39 is 0 Å². The molecule has 3 rings (SSSR count). The minimum absolute atomic E-state index is 0.00828. The fourth-order valence-electron chi connectivity index (χ4n) is 3.49. The lowest BCUT2D eigenvalue weighted by Crippen LogP contribution is -2.26. The lowest BCUT2D eigenvalue weighted by atomic mass is 9.82. The van der Waals surface area contributed by atoms with Gasteiger partial charge < -0.3 is 5.32 Å². The van der Waals surface area contributed by atoms with Crippen LogP contribution in [0.1, 0.15) is 56.2 Å². The fourth-order valence-corrected chi connectivity index (χ4v) is 3.49. The molecule has 0 aliphatic heterocycles. The standard InChI is InChI=1S/C21H25NO/c1-21(2,3)18-13-6-7-14-19(18)22-20(23)17-12-8-10-15-9-4-5-11-16(15)17/h4-7,9,11,13-14,17H,8,10,12H2,1-3H3,(H,22,23). The second-order valence-corrected chi connectivity index (χ2v) is 7.43. The Bertz CT molecular complexity index is 712. The average Bonchev–Trinajstić information content (AvgIpc) is 2.54. The van der Waals surface area contributed by atoms with Crippen molar-refractivity contribution in [2.24, 2.45) is 0 Å². The molecule has 1 atom stereocenters. The Labute approximate surface area is 138 Å². The molecule has 0 saturated heterocycles. The third-order valence-electron chi connectivity index (χ3n) is 4.68. The smallest absolute Gasteiger partial charge is 0.231 e. The van der Waals surface area contributed by atoms with Gasteiger partial charge in [0.25, 0.3) is 0 Å². The molecule has 2 aromatic carbocycles. The second kappa shape index (κ2) is 6.19. The highest BCUT2D eigenvalue weighted by molar-refractivity contribution is 5.97. The Morgan fingerprint density at radius 2 is 1.74 bits per heavy atom. The minimum atomic E-state index is -0.0343. The minimum Gasteiger partial charge on any atom is -0.325 e. The van der Waals surface area contributed by atoms with E-state index in [1.807, 2.05) is 24.3 Å². The Morgan fingerprint density at radius 1 is 1.04 bits per heavy atom. The Balaban J connectivity index is 1.87. The number of amides is 1. The van der Waals surface area contributed by atoms with Crippen LogP contribution in [0.4, 0.5) is 5.69 Å². The predicted octanol–water partition coefficient (Wildman–Crippen LogP) is 5.04. The van der Waals surface area contributed by atoms with Crippen LogP contribution in [0.3, 0.4) is 0 Å². The summed E-state index contributed by atoms with van der Waals surface area (Å²) in [7, 11) is 0. The molecule has 0 aromatic heterocycles. The van der Waals surface area contributed by atoms with Crippen LogP contribution in [-0.2, 0) is 16.6 Å². The number of carbonyl (C=O) groups is 1. The third kappa shape index (κ3) is 3.31. The number of aryl methyl sites for hydroxylation is 1. The molecule has 0 radical (unpaired) electrons. The summed E-state index contributed by atoms with van der Waals surface area (Å²) in [6.45, 7) is 6.52. The van der Waals surface area contributed by atoms with Gasteiger partial charge >= 0.3 is 0 Å². The van der Waals surface area contributed by atoms with Gasteiger partial charge in [-0.25, -0.2) is 0 Å². The molecule has 1 unspecified atom stereocenters. The summed E-state index contributed by atoms with van der Waals surface area (Å²) >= 11 is 0. The molecule has 0 heterocycles. The lowest BCUT2D eigenvalue weighted by molar-refractivity contribution is -0.117. The van der Waals surface area contributed by atoms with Gasteiger partial charge in [-0.1, -0.05) is 63.2 Å². The van der Waals surface area contributed by atoms with Gasteiger partial charge in [0.05, 0.1) is 5.92 Å². The van der Waals surface area contributed by atoms with Crippen molar-refractivity contribution in [3.8, 4) is 0 Å². The van der Waals surface area contributed by atoms with E-state index in [2.05, 4.69) is 50.4 Å². The first kappa shape index (κ1) is 15.8. The van der Waals surface area contributed by atoms with Gasteiger partial charge in [0, 0.05) is 5.69 Å². The molecule has 0 bridgehead atoms. The molecule has 0 saturated carbocycles. The van der Waals surface area contributed by atoms with Crippen LogP contribution in [0, 0.1) is 0 Å². The van der Waals surface area contributed by atoms with Crippen molar-refractivity contribution in [3.63, 3.8) is 0 Å². The summed E-state index contributed by atoms with van der Waals surface area (Å²) in [5, 5.41) is 3.19. The summed E-state index contributed by atoms with van der Waals surface area (Å²) in [5.74, 6) is 0.0850. The molecule has 1 aliphatic rings. The fraction of sp³-hybridized carbons (Fsp3) is 0.381. The van der Waals surface area contributed by atoms with Crippen molar-refractivity contribution in [2.75, 3.05) is 5.32 Å². The second-order valence-electron chi connectivity index (χ2n) is 7.43. The molecule has 23 heavy (non-hydrogen) atoms. The molecular weight excluding hydrogens is 282 g/mol. The van der Waals surface area contributed by atoms with Crippen molar-refractivity contribution in [3.05, 3.63) is 65.2 Å². The van der Waals surface area contributed by atoms with Gasteiger partial charge in [0.1, 0.15) is 0 Å². The van der Waals surface area contributed by atoms with Gasteiger partial charge in [-0.2, -0.15) is 0 Å². The van der Waals surface area contributed by atoms with E-state index in [1.165, 1.54) is 16.7 Å². The van der Waals surface area contributed by atoms with Crippen LogP contribution in [0.2, 0.25) is 0 Å². The molecule has 1 N–H and O–H groups in total. The summed E-state index contributed by atoms with van der Waals surface area (Å²) in [6.07, 6.45) is 3.09. The van der Waals surface area contributed by atoms with Gasteiger partial charge in [0.2, 0.25) is 5.91 Å². The van der Waals surface area contributed by atoms with E-state index in [-0.39, 0.29) is 17.2 Å². The van der Waals surface area contributed by atoms with Gasteiger partial charge in [-0.3, -0.25) is 4.79 Å². The maximum Gasteiger partial charge on any atom is 0.231 e. The first-order valence-corrected chi connectivity index (χ1v) is 8.45. The zero-order chi connectivity index (χ0) is 16.4. The Hall–Kier alpha value is -2.09. The normalized spacial score (nSPS) is 17.4. The predicted molar refractivity (Wildman–Crippen MR) is 95.9 cm³/mol. The van der Waals surface area contributed by atoms with Crippen LogP contribution >= 0.6 is 0 Å². The average molecular weight is 307 g/mol. The van der Waals surface area contributed by atoms with E-state index in [4.69, 9.17) is 0 Å². The largest absolute Gasteiger partial charge is 0.325 e. The summed E-state index contributed by atoms with van der Waals surface area (Å²) in [5.41, 5.74) is 4.65. The topological polar surface area (TPSA) is 29.1 Å². The van der Waals surface area contributed by atoms with E-state index >= 15 is 0 Å². The van der Waals surface area contributed by atoms with Crippen LogP contribution in [0.15, 0.2) is 48.5 Å². The number of rotatable bonds is 2. The highest BCUT2D eigenvalue weighted by Crippen LogP contribution is 2.34. The number of fused-ring (bicyclic) bond motifs is 1. The third-order valence-corrected chi connectivity index (χ3v) is 4.68. The Morgan fingerprint density at radius 3 is 2.52 bits per heavy atom. The Kier molecular flexibility index (Phi) is 4.25. The molecule has 1 aliphatic carbocycles. The monoisotopic (exact) mass is 307 g/mol. The van der Waals surface area contributed by atoms with Gasteiger partial charge in [-0.15, -0.1) is 0 Å². The lowest BCUT2D eigenvalue weighted by Gasteiger charge is -2.27. The molecule has 2 aromatic rings. The van der Waals surface area contributed by atoms with E-state index in [9.17, 15) is 4.79 Å². The summed E-state index contributed by atoms with van der Waals surface area (Å²) in [6, 6.07) is 16.5. The SMILES string of the molecule is CC(C)(C)c1ccccc1NC(=O)C1CCCc2ccccc21. The van der Waals surface area contributed by atoms with Gasteiger partial charge in [-0.05, 0) is 47.4 Å². The van der Waals surface area contributed by atoms with Crippen molar-refractivity contribution in [1.82, 2.24) is 0 Å². The maximum absolute atomic E-state index is 12.9.